The second kappa shape index (κ2) is 6.86. The Hall–Kier alpha value is -1.14. The van der Waals surface area contributed by atoms with Gasteiger partial charge in [0.2, 0.25) is 0 Å². The van der Waals surface area contributed by atoms with Crippen molar-refractivity contribution in [3.05, 3.63) is 29.6 Å². The topological polar surface area (TPSA) is 55.4 Å². The van der Waals surface area contributed by atoms with Crippen molar-refractivity contribution in [2.24, 2.45) is 0 Å². The van der Waals surface area contributed by atoms with Gasteiger partial charge in [-0.1, -0.05) is 6.07 Å². The Balaban J connectivity index is 2.68. The van der Waals surface area contributed by atoms with E-state index in [4.69, 9.17) is 4.74 Å². The van der Waals surface area contributed by atoms with Crippen LogP contribution in [0.3, 0.4) is 0 Å². The molecule has 108 valence electrons. The molecular weight excluding hydrogens is 269 g/mol. The monoisotopic (exact) mass is 289 g/mol. The molecule has 0 saturated heterocycles. The fourth-order valence-corrected chi connectivity index (χ4v) is 2.29. The minimum atomic E-state index is -2.98. The predicted octanol–water partition coefficient (Wildman–Crippen LogP) is 1.92. The van der Waals surface area contributed by atoms with Crippen LogP contribution in [0, 0.1) is 5.82 Å². The molecule has 0 bridgehead atoms. The molecule has 1 rings (SSSR count). The SMILES string of the molecule is CNC(C)c1ccc(F)cc1OCCCS(C)(=O)=O. The summed E-state index contributed by atoms with van der Waals surface area (Å²) in [5, 5.41) is 3.06. The van der Waals surface area contributed by atoms with Gasteiger partial charge in [-0.15, -0.1) is 0 Å². The number of hydrogen-bond donors (Lipinski definition) is 1. The Bertz CT molecular complexity index is 517. The summed E-state index contributed by atoms with van der Waals surface area (Å²) < 4.78 is 40.7. The van der Waals surface area contributed by atoms with Crippen LogP contribution >= 0.6 is 0 Å². The second-order valence-corrected chi connectivity index (χ2v) is 6.78. The second-order valence-electron chi connectivity index (χ2n) is 4.52. The lowest BCUT2D eigenvalue weighted by molar-refractivity contribution is 0.310. The van der Waals surface area contributed by atoms with Gasteiger partial charge >= 0.3 is 0 Å². The summed E-state index contributed by atoms with van der Waals surface area (Å²) in [6.07, 6.45) is 1.58. The molecule has 0 radical (unpaired) electrons. The lowest BCUT2D eigenvalue weighted by Crippen LogP contribution is -2.15. The molecule has 1 atom stereocenters. The van der Waals surface area contributed by atoms with Crippen molar-refractivity contribution in [1.82, 2.24) is 5.32 Å². The average Bonchev–Trinajstić information content (AvgIpc) is 2.33. The van der Waals surface area contributed by atoms with E-state index in [1.54, 1.807) is 6.07 Å². The molecule has 0 aromatic heterocycles. The van der Waals surface area contributed by atoms with Gasteiger partial charge in [0.15, 0.2) is 0 Å². The maximum absolute atomic E-state index is 13.2. The van der Waals surface area contributed by atoms with Gasteiger partial charge in [-0.2, -0.15) is 0 Å². The fourth-order valence-electron chi connectivity index (χ4n) is 1.65. The summed E-state index contributed by atoms with van der Waals surface area (Å²) in [5.74, 6) is 0.152. The van der Waals surface area contributed by atoms with Crippen molar-refractivity contribution in [3.63, 3.8) is 0 Å². The van der Waals surface area contributed by atoms with E-state index >= 15 is 0 Å². The van der Waals surface area contributed by atoms with Gasteiger partial charge in [-0.25, -0.2) is 12.8 Å². The van der Waals surface area contributed by atoms with Gasteiger partial charge in [0.05, 0.1) is 12.4 Å². The molecule has 6 heteroatoms. The van der Waals surface area contributed by atoms with Crippen molar-refractivity contribution < 1.29 is 17.5 Å². The van der Waals surface area contributed by atoms with E-state index in [9.17, 15) is 12.8 Å². The van der Waals surface area contributed by atoms with Crippen LogP contribution in [0.25, 0.3) is 0 Å². The highest BCUT2D eigenvalue weighted by Gasteiger charge is 2.11. The summed E-state index contributed by atoms with van der Waals surface area (Å²) in [6.45, 7) is 2.19. The van der Waals surface area contributed by atoms with Crippen molar-refractivity contribution in [1.29, 1.82) is 0 Å². The first-order valence-electron chi connectivity index (χ1n) is 6.10. The van der Waals surface area contributed by atoms with Gasteiger partial charge in [-0.3, -0.25) is 0 Å². The zero-order valence-electron chi connectivity index (χ0n) is 11.4. The van der Waals surface area contributed by atoms with Crippen LogP contribution in [-0.2, 0) is 9.84 Å². The molecule has 1 N–H and O–H groups in total. The van der Waals surface area contributed by atoms with Crippen LogP contribution in [-0.4, -0.2) is 34.1 Å². The zero-order valence-corrected chi connectivity index (χ0v) is 12.3. The van der Waals surface area contributed by atoms with Crippen molar-refractivity contribution >= 4 is 9.84 Å². The number of halogens is 1. The smallest absolute Gasteiger partial charge is 0.147 e. The van der Waals surface area contributed by atoms with Crippen molar-refractivity contribution in [2.75, 3.05) is 25.7 Å². The highest BCUT2D eigenvalue weighted by atomic mass is 32.2. The highest BCUT2D eigenvalue weighted by Crippen LogP contribution is 2.26. The van der Waals surface area contributed by atoms with Crippen LogP contribution in [0.2, 0.25) is 0 Å². The Morgan fingerprint density at radius 2 is 2.11 bits per heavy atom. The van der Waals surface area contributed by atoms with Crippen LogP contribution in [0.4, 0.5) is 4.39 Å². The quantitative estimate of drug-likeness (QED) is 0.779. The molecular formula is C13H20FNO3S. The molecule has 0 aliphatic carbocycles. The molecule has 1 aromatic carbocycles. The highest BCUT2D eigenvalue weighted by molar-refractivity contribution is 7.90. The van der Waals surface area contributed by atoms with Crippen LogP contribution in [0.1, 0.15) is 24.9 Å². The number of hydrogen-bond acceptors (Lipinski definition) is 4. The van der Waals surface area contributed by atoms with E-state index < -0.39 is 9.84 Å². The first-order valence-corrected chi connectivity index (χ1v) is 8.17. The van der Waals surface area contributed by atoms with E-state index in [0.29, 0.717) is 12.2 Å². The van der Waals surface area contributed by atoms with Crippen LogP contribution in [0.15, 0.2) is 18.2 Å². The third kappa shape index (κ3) is 5.57. The lowest BCUT2D eigenvalue weighted by Gasteiger charge is -2.16. The molecule has 0 amide bonds. The molecule has 0 saturated carbocycles. The minimum Gasteiger partial charge on any atom is -0.493 e. The normalized spacial score (nSPS) is 13.3. The maximum Gasteiger partial charge on any atom is 0.147 e. The van der Waals surface area contributed by atoms with Gasteiger partial charge in [0, 0.05) is 23.9 Å². The first kappa shape index (κ1) is 15.9. The van der Waals surface area contributed by atoms with Crippen LogP contribution < -0.4 is 10.1 Å². The van der Waals surface area contributed by atoms with E-state index in [1.807, 2.05) is 14.0 Å². The fraction of sp³-hybridized carbons (Fsp3) is 0.538. The largest absolute Gasteiger partial charge is 0.493 e. The Morgan fingerprint density at radius 3 is 2.68 bits per heavy atom. The van der Waals surface area contributed by atoms with E-state index in [0.717, 1.165) is 5.56 Å². The molecule has 1 unspecified atom stereocenters. The van der Waals surface area contributed by atoms with E-state index in [-0.39, 0.29) is 24.2 Å². The van der Waals surface area contributed by atoms with Crippen molar-refractivity contribution in [2.45, 2.75) is 19.4 Å². The average molecular weight is 289 g/mol. The maximum atomic E-state index is 13.2. The third-order valence-corrected chi connectivity index (χ3v) is 3.82. The third-order valence-electron chi connectivity index (χ3n) is 2.79. The molecule has 0 fully saturated rings. The van der Waals surface area contributed by atoms with Crippen LogP contribution in [0.5, 0.6) is 5.75 Å². The summed E-state index contributed by atoms with van der Waals surface area (Å²) in [6, 6.07) is 4.41. The van der Waals surface area contributed by atoms with Gasteiger partial charge in [0.1, 0.15) is 21.4 Å². The number of ether oxygens (including phenoxy) is 1. The molecule has 0 heterocycles. The van der Waals surface area contributed by atoms with E-state index in [2.05, 4.69) is 5.32 Å². The minimum absolute atomic E-state index is 0.0329. The number of benzene rings is 1. The van der Waals surface area contributed by atoms with Gasteiger partial charge in [0.25, 0.3) is 0 Å². The summed E-state index contributed by atoms with van der Waals surface area (Å²) >= 11 is 0. The molecule has 0 aliphatic rings. The molecule has 4 nitrogen and oxygen atoms in total. The van der Waals surface area contributed by atoms with Gasteiger partial charge < -0.3 is 10.1 Å². The zero-order chi connectivity index (χ0) is 14.5. The Labute approximate surface area is 113 Å². The predicted molar refractivity (Wildman–Crippen MR) is 73.7 cm³/mol. The molecule has 1 aromatic rings. The first-order chi connectivity index (χ1) is 8.83. The molecule has 0 aliphatic heterocycles. The van der Waals surface area contributed by atoms with Crippen molar-refractivity contribution in [3.8, 4) is 5.75 Å². The summed E-state index contributed by atoms with van der Waals surface area (Å²) in [5.41, 5.74) is 0.850. The standard InChI is InChI=1S/C13H20FNO3S/c1-10(15-2)12-6-5-11(14)9-13(12)18-7-4-8-19(3,16)17/h5-6,9-10,15H,4,7-8H2,1-3H3. The summed E-state index contributed by atoms with van der Waals surface area (Å²) in [7, 11) is -1.18. The molecule has 0 spiro atoms. The Morgan fingerprint density at radius 1 is 1.42 bits per heavy atom. The summed E-state index contributed by atoms with van der Waals surface area (Å²) in [4.78, 5) is 0. The van der Waals surface area contributed by atoms with E-state index in [1.165, 1.54) is 18.4 Å². The number of rotatable bonds is 7. The number of sulfone groups is 1. The number of nitrogens with one attached hydrogen (secondary N) is 1. The lowest BCUT2D eigenvalue weighted by atomic mass is 10.1. The van der Waals surface area contributed by atoms with Gasteiger partial charge in [-0.05, 0) is 26.5 Å². The Kier molecular flexibility index (Phi) is 5.75. The molecule has 19 heavy (non-hydrogen) atoms.